The zero-order valence-corrected chi connectivity index (χ0v) is 9.29. The number of hydrogen-bond donors (Lipinski definition) is 2. The Morgan fingerprint density at radius 1 is 1.12 bits per heavy atom. The predicted octanol–water partition coefficient (Wildman–Crippen LogP) is 2.13. The lowest BCUT2D eigenvalue weighted by Crippen LogP contribution is -2.03. The molecule has 84 valence electrons. The largest absolute Gasteiger partial charge is 0.508 e. The smallest absolute Gasteiger partial charge is 0.347 e. The Morgan fingerprint density at radius 3 is 2.38 bits per heavy atom. The maximum absolute atomic E-state index is 11.6. The molecule has 0 spiro atoms. The summed E-state index contributed by atoms with van der Waals surface area (Å²) in [5.74, 6) is 0.241. The van der Waals surface area contributed by atoms with Crippen molar-refractivity contribution in [3.63, 3.8) is 0 Å². The minimum Gasteiger partial charge on any atom is -0.508 e. The Kier molecular flexibility index (Phi) is 2.15. The highest BCUT2D eigenvalue weighted by atomic mass is 16.4. The van der Waals surface area contributed by atoms with Crippen LogP contribution in [0.25, 0.3) is 10.8 Å². The molecule has 2 N–H and O–H groups in total. The van der Waals surface area contributed by atoms with Crippen molar-refractivity contribution in [1.82, 2.24) is 0 Å². The fraction of sp³-hybridized carbons (Fsp3) is 0.250. The van der Waals surface area contributed by atoms with Gasteiger partial charge in [-0.25, -0.2) is 4.79 Å². The third-order valence-electron chi connectivity index (χ3n) is 2.91. The van der Waals surface area contributed by atoms with Gasteiger partial charge in [-0.15, -0.1) is 0 Å². The van der Waals surface area contributed by atoms with Crippen LogP contribution in [0.2, 0.25) is 0 Å². The Labute approximate surface area is 91.8 Å². The SMILES string of the molecule is Cc1oc(=O)c2c(O)c(C)c(O)cc2c1C. The van der Waals surface area contributed by atoms with Crippen LogP contribution in [0.1, 0.15) is 16.9 Å². The summed E-state index contributed by atoms with van der Waals surface area (Å²) in [5, 5.41) is 20.1. The van der Waals surface area contributed by atoms with E-state index in [0.29, 0.717) is 11.1 Å². The summed E-state index contributed by atoms with van der Waals surface area (Å²) in [5.41, 5.74) is 0.432. The van der Waals surface area contributed by atoms with E-state index in [9.17, 15) is 15.0 Å². The quantitative estimate of drug-likeness (QED) is 0.713. The van der Waals surface area contributed by atoms with Crippen molar-refractivity contribution in [2.75, 3.05) is 0 Å². The van der Waals surface area contributed by atoms with Crippen molar-refractivity contribution < 1.29 is 14.6 Å². The Balaban J connectivity index is 3.13. The van der Waals surface area contributed by atoms with Gasteiger partial charge in [0, 0.05) is 10.9 Å². The van der Waals surface area contributed by atoms with Gasteiger partial charge in [-0.3, -0.25) is 0 Å². The van der Waals surface area contributed by atoms with Gasteiger partial charge in [-0.1, -0.05) is 0 Å². The summed E-state index contributed by atoms with van der Waals surface area (Å²) < 4.78 is 5.00. The van der Waals surface area contributed by atoms with E-state index in [2.05, 4.69) is 0 Å². The van der Waals surface area contributed by atoms with Gasteiger partial charge in [0.2, 0.25) is 0 Å². The Bertz CT molecular complexity index is 638. The van der Waals surface area contributed by atoms with Crippen LogP contribution in [0.15, 0.2) is 15.3 Å². The minimum atomic E-state index is -0.585. The van der Waals surface area contributed by atoms with E-state index >= 15 is 0 Å². The summed E-state index contributed by atoms with van der Waals surface area (Å²) in [6, 6.07) is 1.48. The highest BCUT2D eigenvalue weighted by molar-refractivity contribution is 5.92. The van der Waals surface area contributed by atoms with E-state index in [0.717, 1.165) is 5.56 Å². The van der Waals surface area contributed by atoms with Crippen molar-refractivity contribution in [2.24, 2.45) is 0 Å². The standard InChI is InChI=1S/C12H12O4/c1-5-7(3)16-12(15)10-8(5)4-9(13)6(2)11(10)14/h4,13-14H,1-3H3. The number of fused-ring (bicyclic) bond motifs is 1. The highest BCUT2D eigenvalue weighted by Gasteiger charge is 2.15. The van der Waals surface area contributed by atoms with E-state index in [4.69, 9.17) is 4.42 Å². The first-order chi connectivity index (χ1) is 7.43. The van der Waals surface area contributed by atoms with Gasteiger partial charge in [-0.2, -0.15) is 0 Å². The van der Waals surface area contributed by atoms with E-state index in [1.165, 1.54) is 6.07 Å². The average Bonchev–Trinajstić information content (AvgIpc) is 2.22. The fourth-order valence-electron chi connectivity index (χ4n) is 1.71. The van der Waals surface area contributed by atoms with Crippen LogP contribution in [0.5, 0.6) is 11.5 Å². The molecule has 1 aromatic carbocycles. The van der Waals surface area contributed by atoms with Crippen molar-refractivity contribution in [3.8, 4) is 11.5 Å². The third kappa shape index (κ3) is 1.26. The molecule has 0 amide bonds. The van der Waals surface area contributed by atoms with Gasteiger partial charge in [0.1, 0.15) is 22.6 Å². The first-order valence-electron chi connectivity index (χ1n) is 4.89. The molecule has 2 rings (SSSR count). The zero-order chi connectivity index (χ0) is 12.0. The maximum atomic E-state index is 11.6. The number of aromatic hydroxyl groups is 2. The normalized spacial score (nSPS) is 10.9. The molecular weight excluding hydrogens is 208 g/mol. The fourth-order valence-corrected chi connectivity index (χ4v) is 1.71. The summed E-state index contributed by atoms with van der Waals surface area (Å²) >= 11 is 0. The second kappa shape index (κ2) is 3.27. The minimum absolute atomic E-state index is 0.0295. The molecule has 2 aromatic rings. The van der Waals surface area contributed by atoms with E-state index in [1.54, 1.807) is 20.8 Å². The topological polar surface area (TPSA) is 70.7 Å². The molecule has 0 radical (unpaired) electrons. The Hall–Kier alpha value is -1.97. The van der Waals surface area contributed by atoms with Crippen molar-refractivity contribution in [1.29, 1.82) is 0 Å². The molecule has 0 aliphatic rings. The molecule has 0 aliphatic carbocycles. The van der Waals surface area contributed by atoms with Gasteiger partial charge >= 0.3 is 5.63 Å². The Morgan fingerprint density at radius 2 is 1.75 bits per heavy atom. The van der Waals surface area contributed by atoms with Crippen molar-refractivity contribution in [3.05, 3.63) is 33.4 Å². The summed E-state index contributed by atoms with van der Waals surface area (Å²) in [4.78, 5) is 11.6. The monoisotopic (exact) mass is 220 g/mol. The van der Waals surface area contributed by atoms with Crippen LogP contribution in [0, 0.1) is 20.8 Å². The number of hydrogen-bond acceptors (Lipinski definition) is 4. The first kappa shape index (κ1) is 10.5. The molecule has 0 saturated carbocycles. The molecule has 0 unspecified atom stereocenters. The molecule has 4 heteroatoms. The highest BCUT2D eigenvalue weighted by Crippen LogP contribution is 2.34. The van der Waals surface area contributed by atoms with Crippen molar-refractivity contribution >= 4 is 10.8 Å². The number of aryl methyl sites for hydroxylation is 2. The third-order valence-corrected chi connectivity index (χ3v) is 2.91. The number of benzene rings is 1. The van der Waals surface area contributed by atoms with Crippen LogP contribution in [0.3, 0.4) is 0 Å². The van der Waals surface area contributed by atoms with Gasteiger partial charge in [-0.05, 0) is 32.4 Å². The predicted molar refractivity (Wildman–Crippen MR) is 60.0 cm³/mol. The average molecular weight is 220 g/mol. The van der Waals surface area contributed by atoms with Crippen LogP contribution in [-0.4, -0.2) is 10.2 Å². The van der Waals surface area contributed by atoms with E-state index in [1.807, 2.05) is 0 Å². The molecule has 0 fully saturated rings. The van der Waals surface area contributed by atoms with Gasteiger partial charge in [0.25, 0.3) is 0 Å². The molecule has 0 aliphatic heterocycles. The number of rotatable bonds is 0. The lowest BCUT2D eigenvalue weighted by Gasteiger charge is -2.09. The molecular formula is C12H12O4. The summed E-state index contributed by atoms with van der Waals surface area (Å²) in [6.07, 6.45) is 0. The van der Waals surface area contributed by atoms with Crippen LogP contribution < -0.4 is 5.63 Å². The lowest BCUT2D eigenvalue weighted by molar-refractivity contribution is 0.442. The maximum Gasteiger partial charge on any atom is 0.347 e. The molecule has 0 atom stereocenters. The number of phenols is 2. The van der Waals surface area contributed by atoms with Crippen molar-refractivity contribution in [2.45, 2.75) is 20.8 Å². The molecule has 0 saturated heterocycles. The summed E-state index contributed by atoms with van der Waals surface area (Å²) in [6.45, 7) is 4.98. The van der Waals surface area contributed by atoms with Gasteiger partial charge < -0.3 is 14.6 Å². The number of phenolic OH excluding ortho intramolecular Hbond substituents is 2. The molecule has 16 heavy (non-hydrogen) atoms. The zero-order valence-electron chi connectivity index (χ0n) is 9.29. The van der Waals surface area contributed by atoms with Gasteiger partial charge in [0.15, 0.2) is 0 Å². The molecule has 1 aromatic heterocycles. The molecule has 4 nitrogen and oxygen atoms in total. The second-order valence-corrected chi connectivity index (χ2v) is 3.86. The summed E-state index contributed by atoms with van der Waals surface area (Å²) in [7, 11) is 0. The molecule has 0 bridgehead atoms. The van der Waals surface area contributed by atoms with Crippen LogP contribution in [-0.2, 0) is 0 Å². The van der Waals surface area contributed by atoms with E-state index in [-0.39, 0.29) is 22.4 Å². The lowest BCUT2D eigenvalue weighted by atomic mass is 10.0. The second-order valence-electron chi connectivity index (χ2n) is 3.86. The van der Waals surface area contributed by atoms with Gasteiger partial charge in [0.05, 0.1) is 0 Å². The van der Waals surface area contributed by atoms with Crippen LogP contribution in [0.4, 0.5) is 0 Å². The molecule has 1 heterocycles. The first-order valence-corrected chi connectivity index (χ1v) is 4.89. The van der Waals surface area contributed by atoms with E-state index < -0.39 is 5.63 Å². The van der Waals surface area contributed by atoms with Crippen LogP contribution >= 0.6 is 0 Å².